The molecule has 55 heavy (non-hydrogen) atoms. The summed E-state index contributed by atoms with van der Waals surface area (Å²) in [6, 6.07) is 13.8. The fourth-order valence-corrected chi connectivity index (χ4v) is 9.52. The van der Waals surface area contributed by atoms with Crippen LogP contribution in [-0.4, -0.2) is 50.6 Å². The van der Waals surface area contributed by atoms with Gasteiger partial charge in [0.2, 0.25) is 5.91 Å². The number of amides is 1. The lowest BCUT2D eigenvalue weighted by Crippen LogP contribution is -2.41. The van der Waals surface area contributed by atoms with E-state index in [1.807, 2.05) is 17.9 Å². The highest BCUT2D eigenvalue weighted by atomic mass is 35.5. The maximum absolute atomic E-state index is 17.2. The van der Waals surface area contributed by atoms with E-state index in [4.69, 9.17) is 32.9 Å². The molecule has 1 N–H and O–H groups in total. The Hall–Kier alpha value is -4.28. The standard InChI is InChI=1S/C41H36Cl2F4N6O2/c1-20-27-16-32(31-15-25(18-52(31)40(54)21-9-10-21)55-19-23-6-4-12-49-39(23)41(45,46)47)53(37-24-14-30(37)50-17-24)38(27)28-13-22(5-3-11-48)33(35(44)36(28)51-20)26-7-2-8-29(42)34(26)43/h2,4,6-8,12-13,16,21,24-25,30-31,37,50H,3,5,9-10,14-15,17-19H2,1H3. The number of aromatic nitrogens is 3. The van der Waals surface area contributed by atoms with Crippen LogP contribution in [0.2, 0.25) is 10.0 Å². The van der Waals surface area contributed by atoms with Gasteiger partial charge in [0.05, 0.1) is 46.4 Å². The van der Waals surface area contributed by atoms with Crippen molar-refractivity contribution in [1.82, 2.24) is 24.8 Å². The van der Waals surface area contributed by atoms with Gasteiger partial charge in [-0.2, -0.15) is 18.4 Å². The molecule has 2 saturated carbocycles. The van der Waals surface area contributed by atoms with Gasteiger partial charge in [-0.05, 0) is 68.4 Å². The second kappa shape index (κ2) is 13.7. The molecule has 1 amide bonds. The van der Waals surface area contributed by atoms with Crippen molar-refractivity contribution in [3.8, 4) is 17.2 Å². The van der Waals surface area contributed by atoms with Crippen molar-refractivity contribution in [3.05, 3.63) is 92.7 Å². The number of nitrogens with one attached hydrogen (secondary N) is 1. The molecule has 284 valence electrons. The minimum atomic E-state index is -4.63. The predicted octanol–water partition coefficient (Wildman–Crippen LogP) is 9.28. The lowest BCUT2D eigenvalue weighted by atomic mass is 9.79. The molecule has 5 fully saturated rings. The van der Waals surface area contributed by atoms with Gasteiger partial charge in [0.25, 0.3) is 0 Å². The third kappa shape index (κ3) is 6.15. The first-order chi connectivity index (χ1) is 26.4. The van der Waals surface area contributed by atoms with E-state index in [1.165, 1.54) is 12.1 Å². The number of hydrogen-bond donors (Lipinski definition) is 1. The van der Waals surface area contributed by atoms with Crippen LogP contribution in [-0.2, 0) is 28.7 Å². The number of carbonyl (C=O) groups excluding carboxylic acids is 1. The molecule has 0 spiro atoms. The second-order valence-corrected chi connectivity index (χ2v) is 16.0. The van der Waals surface area contributed by atoms with E-state index in [1.54, 1.807) is 18.2 Å². The van der Waals surface area contributed by atoms with Crippen molar-refractivity contribution >= 4 is 50.9 Å². The second-order valence-electron chi connectivity index (χ2n) is 15.2. The van der Waals surface area contributed by atoms with Crippen molar-refractivity contribution in [2.75, 3.05) is 13.1 Å². The van der Waals surface area contributed by atoms with Crippen molar-refractivity contribution in [1.29, 1.82) is 5.26 Å². The zero-order valence-corrected chi connectivity index (χ0v) is 31.3. The number of likely N-dealkylation sites (tertiary alicyclic amines) is 1. The van der Waals surface area contributed by atoms with Gasteiger partial charge in [-0.15, -0.1) is 0 Å². The fourth-order valence-electron chi connectivity index (χ4n) is 9.12. The lowest BCUT2D eigenvalue weighted by molar-refractivity contribution is -0.142. The molecule has 6 heterocycles. The third-order valence-corrected chi connectivity index (χ3v) is 12.7. The molecule has 5 atom stereocenters. The van der Waals surface area contributed by atoms with E-state index in [-0.39, 0.29) is 76.6 Å². The summed E-state index contributed by atoms with van der Waals surface area (Å²) >= 11 is 13.1. The van der Waals surface area contributed by atoms with Crippen LogP contribution in [0.5, 0.6) is 0 Å². The molecule has 10 rings (SSSR count). The van der Waals surface area contributed by atoms with Crippen LogP contribution in [0.3, 0.4) is 0 Å². The highest BCUT2D eigenvalue weighted by Crippen LogP contribution is 2.51. The zero-order valence-electron chi connectivity index (χ0n) is 29.8. The van der Waals surface area contributed by atoms with E-state index >= 15 is 4.39 Å². The number of fused-ring (bicyclic) bond motifs is 4. The highest BCUT2D eigenvalue weighted by molar-refractivity contribution is 6.43. The van der Waals surface area contributed by atoms with Gasteiger partial charge in [-0.3, -0.25) is 9.78 Å². The van der Waals surface area contributed by atoms with Crippen molar-refractivity contribution in [3.63, 3.8) is 0 Å². The summed E-state index contributed by atoms with van der Waals surface area (Å²) in [5, 5.41) is 15.1. The Kier molecular flexibility index (Phi) is 9.08. The van der Waals surface area contributed by atoms with Crippen LogP contribution in [0.1, 0.15) is 72.4 Å². The van der Waals surface area contributed by atoms with Gasteiger partial charge in [0, 0.05) is 82.9 Å². The predicted molar refractivity (Wildman–Crippen MR) is 200 cm³/mol. The number of hydrogen-bond acceptors (Lipinski definition) is 6. The number of nitriles is 1. The van der Waals surface area contributed by atoms with E-state index in [0.29, 0.717) is 34.5 Å². The first-order valence-corrected chi connectivity index (χ1v) is 19.3. The Morgan fingerprint density at radius 2 is 1.93 bits per heavy atom. The van der Waals surface area contributed by atoms with Crippen LogP contribution in [0.4, 0.5) is 17.6 Å². The maximum atomic E-state index is 17.2. The smallest absolute Gasteiger partial charge is 0.372 e. The Bertz CT molecular complexity index is 2410. The summed E-state index contributed by atoms with van der Waals surface area (Å²) in [5.41, 5.74) is 2.66. The van der Waals surface area contributed by atoms with E-state index in [9.17, 15) is 23.2 Å². The monoisotopic (exact) mass is 790 g/mol. The van der Waals surface area contributed by atoms with Crippen LogP contribution < -0.4 is 5.32 Å². The van der Waals surface area contributed by atoms with E-state index in [0.717, 1.165) is 48.6 Å². The number of nitrogens with zero attached hydrogens (tertiary/aromatic N) is 5. The molecule has 5 aromatic rings. The third-order valence-electron chi connectivity index (χ3n) is 11.9. The lowest BCUT2D eigenvalue weighted by Gasteiger charge is -2.39. The maximum Gasteiger partial charge on any atom is 0.433 e. The fraction of sp³-hybridized carbons (Fsp3) is 0.415. The summed E-state index contributed by atoms with van der Waals surface area (Å²) < 4.78 is 67.0. The number of carbonyl (C=O) groups is 1. The Morgan fingerprint density at radius 3 is 2.64 bits per heavy atom. The summed E-state index contributed by atoms with van der Waals surface area (Å²) in [7, 11) is 0. The van der Waals surface area contributed by atoms with Gasteiger partial charge < -0.3 is 19.5 Å². The van der Waals surface area contributed by atoms with Gasteiger partial charge in [0.15, 0.2) is 5.82 Å². The molecule has 3 aromatic heterocycles. The highest BCUT2D eigenvalue weighted by Gasteiger charge is 2.51. The van der Waals surface area contributed by atoms with E-state index < -0.39 is 29.8 Å². The number of aryl methyl sites for hydroxylation is 2. The summed E-state index contributed by atoms with van der Waals surface area (Å²) in [5.74, 6) is -0.346. The largest absolute Gasteiger partial charge is 0.433 e. The molecular weight excluding hydrogens is 755 g/mol. The van der Waals surface area contributed by atoms with Crippen LogP contribution in [0.15, 0.2) is 48.7 Å². The molecule has 2 bridgehead atoms. The number of benzene rings is 2. The summed E-state index contributed by atoms with van der Waals surface area (Å²) in [6.45, 7) is 2.60. The minimum Gasteiger partial charge on any atom is -0.372 e. The molecule has 3 saturated heterocycles. The number of rotatable bonds is 9. The molecule has 3 aliphatic heterocycles. The van der Waals surface area contributed by atoms with Gasteiger partial charge in [-0.1, -0.05) is 41.4 Å². The molecule has 2 aromatic carbocycles. The normalized spacial score (nSPS) is 23.5. The SMILES string of the molecule is Cc1nc2c(F)c(-c3cccc(Cl)c3Cl)c(CCC#N)cc2c2c1cc(C1CC(OCc3cccnc3C(F)(F)F)CN1C(=O)C1CC1)n2C1C2CNC1C2. The molecule has 14 heteroatoms. The molecule has 5 unspecified atom stereocenters. The average Bonchev–Trinajstić information content (AvgIpc) is 3.45. The minimum absolute atomic E-state index is 0.00699. The summed E-state index contributed by atoms with van der Waals surface area (Å²) in [4.78, 5) is 24.3. The van der Waals surface area contributed by atoms with Gasteiger partial charge >= 0.3 is 6.18 Å². The van der Waals surface area contributed by atoms with E-state index in [2.05, 4.69) is 27.0 Å². The van der Waals surface area contributed by atoms with Crippen LogP contribution in [0, 0.1) is 35.9 Å². The van der Waals surface area contributed by atoms with Crippen LogP contribution >= 0.6 is 23.2 Å². The number of halogens is 6. The number of alkyl halides is 3. The molecular formula is C41H36Cl2F4N6O2. The van der Waals surface area contributed by atoms with Crippen molar-refractivity contribution in [2.24, 2.45) is 11.8 Å². The molecule has 8 nitrogen and oxygen atoms in total. The van der Waals surface area contributed by atoms with Crippen molar-refractivity contribution < 1.29 is 27.1 Å². The molecule has 2 aliphatic carbocycles. The Balaban J connectivity index is 1.20. The number of ether oxygens (including phenoxy) is 1. The van der Waals surface area contributed by atoms with Gasteiger partial charge in [0.1, 0.15) is 11.2 Å². The zero-order chi connectivity index (χ0) is 38.3. The molecule has 5 aliphatic rings. The topological polar surface area (TPSA) is 96.1 Å². The Labute approximate surface area is 324 Å². The quantitative estimate of drug-likeness (QED) is 0.150. The first kappa shape index (κ1) is 36.4. The first-order valence-electron chi connectivity index (χ1n) is 18.6. The van der Waals surface area contributed by atoms with Gasteiger partial charge in [-0.25, -0.2) is 9.37 Å². The summed E-state index contributed by atoms with van der Waals surface area (Å²) in [6.07, 6.45) is -0.716. The van der Waals surface area contributed by atoms with Crippen molar-refractivity contribution in [2.45, 2.75) is 82.5 Å². The van der Waals surface area contributed by atoms with Crippen LogP contribution in [0.25, 0.3) is 32.9 Å². The Morgan fingerprint density at radius 1 is 1.11 bits per heavy atom. The average molecular weight is 792 g/mol. The number of pyridine rings is 2. The molecule has 0 radical (unpaired) electrons.